The fourth-order valence-electron chi connectivity index (χ4n) is 3.71. The Balaban J connectivity index is 2.22. The van der Waals surface area contributed by atoms with Crippen LogP contribution in [0.15, 0.2) is 18.2 Å². The van der Waals surface area contributed by atoms with Crippen LogP contribution in [-0.2, 0) is 0 Å². The molecular weight excluding hydrogens is 270 g/mol. The molecule has 1 aliphatic carbocycles. The molecule has 2 rings (SSSR count). The summed E-state index contributed by atoms with van der Waals surface area (Å²) < 4.78 is 27.1. The van der Waals surface area contributed by atoms with Gasteiger partial charge in [-0.3, -0.25) is 4.90 Å². The lowest BCUT2D eigenvalue weighted by Gasteiger charge is -2.42. The first-order valence-electron chi connectivity index (χ1n) is 7.99. The van der Waals surface area contributed by atoms with Crippen LogP contribution in [-0.4, -0.2) is 24.0 Å². The molecule has 0 aromatic heterocycles. The number of nitrogens with two attached hydrogens (primary N) is 1. The molecule has 1 aromatic carbocycles. The lowest BCUT2D eigenvalue weighted by atomic mass is 9.82. The summed E-state index contributed by atoms with van der Waals surface area (Å²) in [4.78, 5) is 2.33. The van der Waals surface area contributed by atoms with Crippen LogP contribution in [0.3, 0.4) is 0 Å². The van der Waals surface area contributed by atoms with Gasteiger partial charge in [-0.2, -0.15) is 0 Å². The van der Waals surface area contributed by atoms with Crippen molar-refractivity contribution < 1.29 is 8.78 Å². The van der Waals surface area contributed by atoms with E-state index >= 15 is 0 Å². The third kappa shape index (κ3) is 3.61. The second-order valence-corrected chi connectivity index (χ2v) is 6.02. The molecule has 1 saturated carbocycles. The molecule has 1 aromatic rings. The normalized spacial score (nSPS) is 24.3. The molecule has 0 saturated heterocycles. The van der Waals surface area contributed by atoms with Crippen LogP contribution in [0.5, 0.6) is 0 Å². The zero-order valence-corrected chi connectivity index (χ0v) is 13.0. The van der Waals surface area contributed by atoms with Gasteiger partial charge in [0.25, 0.3) is 0 Å². The van der Waals surface area contributed by atoms with Crippen molar-refractivity contribution in [3.05, 3.63) is 35.4 Å². The number of halogens is 2. The second-order valence-electron chi connectivity index (χ2n) is 6.02. The van der Waals surface area contributed by atoms with E-state index in [-0.39, 0.29) is 6.04 Å². The van der Waals surface area contributed by atoms with Crippen molar-refractivity contribution in [2.24, 2.45) is 11.7 Å². The first-order chi connectivity index (χ1) is 10.1. The summed E-state index contributed by atoms with van der Waals surface area (Å²) in [6, 6.07) is 4.21. The minimum atomic E-state index is -0.524. The fourth-order valence-corrected chi connectivity index (χ4v) is 3.71. The van der Waals surface area contributed by atoms with Crippen molar-refractivity contribution in [3.63, 3.8) is 0 Å². The Morgan fingerprint density at radius 2 is 2.00 bits per heavy atom. The second kappa shape index (κ2) is 7.32. The van der Waals surface area contributed by atoms with E-state index in [0.29, 0.717) is 24.1 Å². The zero-order valence-electron chi connectivity index (χ0n) is 13.0. The highest BCUT2D eigenvalue weighted by Gasteiger charge is 2.32. The van der Waals surface area contributed by atoms with Crippen molar-refractivity contribution in [2.45, 2.75) is 51.6 Å². The van der Waals surface area contributed by atoms with Crippen molar-refractivity contribution in [1.29, 1.82) is 0 Å². The molecule has 0 heterocycles. The number of rotatable bonds is 5. The molecule has 3 unspecified atom stereocenters. The molecule has 118 valence electrons. The third-order valence-corrected chi connectivity index (χ3v) is 4.87. The van der Waals surface area contributed by atoms with E-state index in [1.54, 1.807) is 6.07 Å². The van der Waals surface area contributed by atoms with Crippen LogP contribution in [0.4, 0.5) is 8.78 Å². The summed E-state index contributed by atoms with van der Waals surface area (Å²) in [5.74, 6) is -0.505. The maximum atomic E-state index is 14.1. The fraction of sp³-hybridized carbons (Fsp3) is 0.647. The lowest BCUT2D eigenvalue weighted by molar-refractivity contribution is 0.0755. The van der Waals surface area contributed by atoms with E-state index in [1.165, 1.54) is 18.9 Å². The minimum Gasteiger partial charge on any atom is -0.330 e. The molecule has 0 bridgehead atoms. The molecule has 4 heteroatoms. The van der Waals surface area contributed by atoms with Gasteiger partial charge in [0.2, 0.25) is 0 Å². The average molecular weight is 296 g/mol. The standard InChI is InChI=1S/C17H26F2N2/c1-3-21(17-7-5-4-6-13(17)11-20)12(2)15-9-8-14(18)10-16(15)19/h8-10,12-13,17H,3-7,11,20H2,1-2H3. The molecule has 0 radical (unpaired) electrons. The zero-order chi connectivity index (χ0) is 15.4. The van der Waals surface area contributed by atoms with E-state index in [4.69, 9.17) is 5.73 Å². The van der Waals surface area contributed by atoms with Gasteiger partial charge in [0.1, 0.15) is 11.6 Å². The van der Waals surface area contributed by atoms with Gasteiger partial charge >= 0.3 is 0 Å². The summed E-state index contributed by atoms with van der Waals surface area (Å²) in [6.45, 7) is 5.63. The highest BCUT2D eigenvalue weighted by Crippen LogP contribution is 2.34. The van der Waals surface area contributed by atoms with Crippen LogP contribution in [0.2, 0.25) is 0 Å². The molecule has 2 N–H and O–H groups in total. The summed E-state index contributed by atoms with van der Waals surface area (Å²) in [5.41, 5.74) is 6.49. The molecule has 0 amide bonds. The van der Waals surface area contributed by atoms with Gasteiger partial charge in [0.15, 0.2) is 0 Å². The maximum Gasteiger partial charge on any atom is 0.130 e. The van der Waals surface area contributed by atoms with Crippen LogP contribution in [0.25, 0.3) is 0 Å². The van der Waals surface area contributed by atoms with Gasteiger partial charge in [-0.1, -0.05) is 25.8 Å². The highest BCUT2D eigenvalue weighted by molar-refractivity contribution is 5.22. The van der Waals surface area contributed by atoms with Crippen LogP contribution >= 0.6 is 0 Å². The monoisotopic (exact) mass is 296 g/mol. The van der Waals surface area contributed by atoms with Gasteiger partial charge in [0, 0.05) is 23.7 Å². The molecule has 3 atom stereocenters. The van der Waals surface area contributed by atoms with Crippen molar-refractivity contribution in [1.82, 2.24) is 4.90 Å². The quantitative estimate of drug-likeness (QED) is 0.894. The summed E-state index contributed by atoms with van der Waals surface area (Å²) >= 11 is 0. The topological polar surface area (TPSA) is 29.3 Å². The molecular formula is C17H26F2N2. The maximum absolute atomic E-state index is 14.1. The largest absolute Gasteiger partial charge is 0.330 e. The minimum absolute atomic E-state index is 0.0623. The average Bonchev–Trinajstić information content (AvgIpc) is 2.48. The van der Waals surface area contributed by atoms with E-state index in [2.05, 4.69) is 11.8 Å². The molecule has 2 nitrogen and oxygen atoms in total. The highest BCUT2D eigenvalue weighted by atomic mass is 19.1. The van der Waals surface area contributed by atoms with E-state index in [0.717, 1.165) is 25.5 Å². The number of benzene rings is 1. The first kappa shape index (κ1) is 16.4. The predicted octanol–water partition coefficient (Wildman–Crippen LogP) is 3.87. The number of hydrogen-bond acceptors (Lipinski definition) is 2. The smallest absolute Gasteiger partial charge is 0.130 e. The Hall–Kier alpha value is -1.00. The Kier molecular flexibility index (Phi) is 5.71. The van der Waals surface area contributed by atoms with Crippen molar-refractivity contribution in [3.8, 4) is 0 Å². The predicted molar refractivity (Wildman–Crippen MR) is 82.0 cm³/mol. The molecule has 1 aliphatic rings. The van der Waals surface area contributed by atoms with Crippen LogP contribution in [0, 0.1) is 17.6 Å². The third-order valence-electron chi connectivity index (χ3n) is 4.87. The van der Waals surface area contributed by atoms with Crippen LogP contribution in [0.1, 0.15) is 51.1 Å². The SMILES string of the molecule is CCN(C(C)c1ccc(F)cc1F)C1CCCCC1CN. The van der Waals surface area contributed by atoms with Gasteiger partial charge < -0.3 is 5.73 Å². The summed E-state index contributed by atoms with van der Waals surface area (Å²) in [5, 5.41) is 0. The number of hydrogen-bond donors (Lipinski definition) is 1. The van der Waals surface area contributed by atoms with E-state index in [9.17, 15) is 8.78 Å². The van der Waals surface area contributed by atoms with E-state index < -0.39 is 11.6 Å². The summed E-state index contributed by atoms with van der Waals surface area (Å²) in [7, 11) is 0. The van der Waals surface area contributed by atoms with Crippen molar-refractivity contribution >= 4 is 0 Å². The molecule has 0 aliphatic heterocycles. The Bertz CT molecular complexity index is 464. The Morgan fingerprint density at radius 3 is 2.62 bits per heavy atom. The Labute approximate surface area is 126 Å². The first-order valence-corrected chi connectivity index (χ1v) is 7.99. The number of nitrogens with zero attached hydrogens (tertiary/aromatic N) is 1. The molecule has 0 spiro atoms. The van der Waals surface area contributed by atoms with Gasteiger partial charge in [0.05, 0.1) is 0 Å². The lowest BCUT2D eigenvalue weighted by Crippen LogP contribution is -2.46. The van der Waals surface area contributed by atoms with Gasteiger partial charge in [-0.25, -0.2) is 8.78 Å². The molecule has 1 fully saturated rings. The Morgan fingerprint density at radius 1 is 1.29 bits per heavy atom. The van der Waals surface area contributed by atoms with Gasteiger partial charge in [-0.15, -0.1) is 0 Å². The summed E-state index contributed by atoms with van der Waals surface area (Å²) in [6.07, 6.45) is 4.70. The van der Waals surface area contributed by atoms with Crippen LogP contribution < -0.4 is 5.73 Å². The van der Waals surface area contributed by atoms with Gasteiger partial charge in [-0.05, 0) is 44.8 Å². The van der Waals surface area contributed by atoms with E-state index in [1.807, 2.05) is 6.92 Å². The van der Waals surface area contributed by atoms with Crippen molar-refractivity contribution in [2.75, 3.05) is 13.1 Å². The molecule has 21 heavy (non-hydrogen) atoms.